The van der Waals surface area contributed by atoms with E-state index in [1.54, 1.807) is 30.5 Å². The highest BCUT2D eigenvalue weighted by atomic mass is 19.1. The Hall–Kier alpha value is -3.35. The number of halogens is 1. The van der Waals surface area contributed by atoms with Crippen LogP contribution in [0.25, 0.3) is 11.1 Å². The molecular formula is C19H16FN5O. The lowest BCUT2D eigenvalue weighted by Gasteiger charge is -2.10. The lowest BCUT2D eigenvalue weighted by molar-refractivity contribution is 0.102. The van der Waals surface area contributed by atoms with E-state index in [0.717, 1.165) is 29.7 Å². The zero-order valence-electron chi connectivity index (χ0n) is 13.8. The van der Waals surface area contributed by atoms with Gasteiger partial charge in [0.2, 0.25) is 5.95 Å². The molecule has 26 heavy (non-hydrogen) atoms. The molecule has 0 atom stereocenters. The molecule has 0 bridgehead atoms. The summed E-state index contributed by atoms with van der Waals surface area (Å²) in [5, 5.41) is 2.75. The standard InChI is InChI=1S/C19H16FN5O/c20-18-6-4-13(8-24-18)12-3-5-14(21)15(7-12)25-19(26)17-10-22-16(9-23-17)11-1-2-11/h3-11H,1-2,21H2,(H,25,26). The van der Waals surface area contributed by atoms with Crippen LogP contribution in [-0.4, -0.2) is 20.9 Å². The number of nitrogens with zero attached hydrogens (tertiary/aromatic N) is 3. The van der Waals surface area contributed by atoms with Crippen molar-refractivity contribution in [2.75, 3.05) is 11.1 Å². The van der Waals surface area contributed by atoms with Crippen LogP contribution in [0.1, 0.15) is 34.9 Å². The molecular weight excluding hydrogens is 333 g/mol. The summed E-state index contributed by atoms with van der Waals surface area (Å²) in [6, 6.07) is 8.07. The highest BCUT2D eigenvalue weighted by molar-refractivity contribution is 6.04. The zero-order valence-corrected chi connectivity index (χ0v) is 13.8. The SMILES string of the molecule is Nc1ccc(-c2ccc(F)nc2)cc1NC(=O)c1cnc(C2CC2)cn1. The number of nitrogens with one attached hydrogen (secondary N) is 1. The van der Waals surface area contributed by atoms with Crippen LogP contribution in [0.5, 0.6) is 0 Å². The van der Waals surface area contributed by atoms with Gasteiger partial charge in [-0.05, 0) is 42.7 Å². The van der Waals surface area contributed by atoms with Crippen LogP contribution in [0.2, 0.25) is 0 Å². The van der Waals surface area contributed by atoms with Gasteiger partial charge in [0.15, 0.2) is 0 Å². The molecule has 130 valence electrons. The van der Waals surface area contributed by atoms with E-state index in [2.05, 4.69) is 20.3 Å². The Morgan fingerprint density at radius 1 is 1.04 bits per heavy atom. The highest BCUT2D eigenvalue weighted by Gasteiger charge is 2.25. The zero-order chi connectivity index (χ0) is 18.1. The number of aromatic nitrogens is 3. The van der Waals surface area contributed by atoms with Crippen LogP contribution < -0.4 is 11.1 Å². The van der Waals surface area contributed by atoms with E-state index < -0.39 is 5.95 Å². The van der Waals surface area contributed by atoms with E-state index in [1.165, 1.54) is 18.5 Å². The quantitative estimate of drug-likeness (QED) is 0.556. The lowest BCUT2D eigenvalue weighted by atomic mass is 10.1. The normalized spacial score (nSPS) is 13.4. The second-order valence-corrected chi connectivity index (χ2v) is 6.23. The number of carbonyl (C=O) groups excluding carboxylic acids is 1. The maximum Gasteiger partial charge on any atom is 0.275 e. The number of amides is 1. The molecule has 2 aromatic heterocycles. The van der Waals surface area contributed by atoms with Crippen LogP contribution in [-0.2, 0) is 0 Å². The molecule has 1 amide bonds. The van der Waals surface area contributed by atoms with E-state index in [9.17, 15) is 9.18 Å². The molecule has 1 aromatic carbocycles. The molecule has 0 spiro atoms. The molecule has 3 aromatic rings. The van der Waals surface area contributed by atoms with E-state index in [0.29, 0.717) is 17.3 Å². The minimum Gasteiger partial charge on any atom is -0.397 e. The average molecular weight is 349 g/mol. The number of carbonyl (C=O) groups is 1. The Bertz CT molecular complexity index is 953. The predicted octanol–water partition coefficient (Wildman–Crippen LogP) is 3.39. The Morgan fingerprint density at radius 2 is 1.85 bits per heavy atom. The van der Waals surface area contributed by atoms with E-state index in [-0.39, 0.29) is 11.6 Å². The van der Waals surface area contributed by atoms with Crippen LogP contribution in [0.15, 0.2) is 48.9 Å². The average Bonchev–Trinajstić information content (AvgIpc) is 3.49. The van der Waals surface area contributed by atoms with Gasteiger partial charge in [0.25, 0.3) is 5.91 Å². The van der Waals surface area contributed by atoms with E-state index in [1.807, 2.05) is 0 Å². The van der Waals surface area contributed by atoms with Crippen molar-refractivity contribution in [2.45, 2.75) is 18.8 Å². The first-order chi connectivity index (χ1) is 12.6. The van der Waals surface area contributed by atoms with Crippen molar-refractivity contribution >= 4 is 17.3 Å². The van der Waals surface area contributed by atoms with Gasteiger partial charge in [-0.15, -0.1) is 0 Å². The Kier molecular flexibility index (Phi) is 4.04. The van der Waals surface area contributed by atoms with Gasteiger partial charge in [-0.25, -0.2) is 9.97 Å². The molecule has 1 aliphatic carbocycles. The molecule has 0 radical (unpaired) electrons. The van der Waals surface area contributed by atoms with Crippen LogP contribution >= 0.6 is 0 Å². The molecule has 1 saturated carbocycles. The van der Waals surface area contributed by atoms with Crippen molar-refractivity contribution in [3.63, 3.8) is 0 Å². The second-order valence-electron chi connectivity index (χ2n) is 6.23. The molecule has 3 N–H and O–H groups in total. The number of nitrogen functional groups attached to an aromatic ring is 1. The number of benzene rings is 1. The van der Waals surface area contributed by atoms with Gasteiger partial charge in [0.05, 0.1) is 23.3 Å². The summed E-state index contributed by atoms with van der Waals surface area (Å²) in [6.07, 6.45) is 6.81. The van der Waals surface area contributed by atoms with Gasteiger partial charge in [-0.2, -0.15) is 4.39 Å². The topological polar surface area (TPSA) is 93.8 Å². The fourth-order valence-corrected chi connectivity index (χ4v) is 2.62. The van der Waals surface area contributed by atoms with Crippen LogP contribution in [0.3, 0.4) is 0 Å². The van der Waals surface area contributed by atoms with Crippen molar-refractivity contribution in [1.29, 1.82) is 0 Å². The van der Waals surface area contributed by atoms with Crippen molar-refractivity contribution in [1.82, 2.24) is 15.0 Å². The molecule has 4 rings (SSSR count). The van der Waals surface area contributed by atoms with E-state index in [4.69, 9.17) is 5.73 Å². The van der Waals surface area contributed by atoms with Gasteiger partial charge in [0.1, 0.15) is 5.69 Å². The first-order valence-electron chi connectivity index (χ1n) is 8.25. The first kappa shape index (κ1) is 16.1. The largest absolute Gasteiger partial charge is 0.397 e. The Balaban J connectivity index is 1.55. The summed E-state index contributed by atoms with van der Waals surface area (Å²) in [6.45, 7) is 0. The molecule has 2 heterocycles. The minimum atomic E-state index is -0.550. The third-order valence-electron chi connectivity index (χ3n) is 4.26. The van der Waals surface area contributed by atoms with Crippen LogP contribution in [0.4, 0.5) is 15.8 Å². The molecule has 0 unspecified atom stereocenters. The number of pyridine rings is 1. The Morgan fingerprint density at radius 3 is 2.50 bits per heavy atom. The molecule has 1 fully saturated rings. The molecule has 1 aliphatic rings. The van der Waals surface area contributed by atoms with Crippen molar-refractivity contribution in [2.24, 2.45) is 0 Å². The minimum absolute atomic E-state index is 0.225. The fourth-order valence-electron chi connectivity index (χ4n) is 2.62. The number of rotatable bonds is 4. The molecule has 7 heteroatoms. The Labute approximate surface area is 149 Å². The monoisotopic (exact) mass is 349 g/mol. The van der Waals surface area contributed by atoms with E-state index >= 15 is 0 Å². The number of anilines is 2. The van der Waals surface area contributed by atoms with Gasteiger partial charge >= 0.3 is 0 Å². The smallest absolute Gasteiger partial charge is 0.275 e. The second kappa shape index (κ2) is 6.51. The van der Waals surface area contributed by atoms with Crippen molar-refractivity contribution in [3.8, 4) is 11.1 Å². The summed E-state index contributed by atoms with van der Waals surface area (Å²) in [7, 11) is 0. The third kappa shape index (κ3) is 3.37. The summed E-state index contributed by atoms with van der Waals surface area (Å²) < 4.78 is 13.0. The maximum atomic E-state index is 13.0. The first-order valence-corrected chi connectivity index (χ1v) is 8.25. The van der Waals surface area contributed by atoms with Crippen molar-refractivity contribution in [3.05, 3.63) is 66.3 Å². The van der Waals surface area contributed by atoms with Gasteiger partial charge in [-0.3, -0.25) is 9.78 Å². The summed E-state index contributed by atoms with van der Waals surface area (Å²) >= 11 is 0. The lowest BCUT2D eigenvalue weighted by Crippen LogP contribution is -2.15. The summed E-state index contributed by atoms with van der Waals surface area (Å²) in [5.74, 6) is -0.455. The predicted molar refractivity (Wildman–Crippen MR) is 96.0 cm³/mol. The fraction of sp³-hybridized carbons (Fsp3) is 0.158. The molecule has 0 saturated heterocycles. The molecule has 0 aliphatic heterocycles. The maximum absolute atomic E-state index is 13.0. The number of hydrogen-bond acceptors (Lipinski definition) is 5. The highest BCUT2D eigenvalue weighted by Crippen LogP contribution is 2.38. The summed E-state index contributed by atoms with van der Waals surface area (Å²) in [5.41, 5.74) is 9.46. The summed E-state index contributed by atoms with van der Waals surface area (Å²) in [4.78, 5) is 24.6. The third-order valence-corrected chi connectivity index (χ3v) is 4.26. The number of hydrogen-bond donors (Lipinski definition) is 2. The van der Waals surface area contributed by atoms with Crippen LogP contribution in [0, 0.1) is 5.95 Å². The van der Waals surface area contributed by atoms with Crippen molar-refractivity contribution < 1.29 is 9.18 Å². The van der Waals surface area contributed by atoms with Gasteiger partial charge < -0.3 is 11.1 Å². The molecule has 6 nitrogen and oxygen atoms in total. The van der Waals surface area contributed by atoms with Gasteiger partial charge in [0, 0.05) is 23.9 Å². The van der Waals surface area contributed by atoms with Gasteiger partial charge in [-0.1, -0.05) is 6.07 Å². The number of nitrogens with two attached hydrogens (primary N) is 1.